The summed E-state index contributed by atoms with van der Waals surface area (Å²) in [6.45, 7) is 1.73. The van der Waals surface area contributed by atoms with Gasteiger partial charge in [-0.05, 0) is 38.0 Å². The number of carbonyl (C=O) groups is 1. The first-order chi connectivity index (χ1) is 18.6. The number of oxime groups is 1. The number of anilines is 1. The lowest BCUT2D eigenvalue weighted by molar-refractivity contribution is -0.141. The molecule has 0 unspecified atom stereocenters. The van der Waals surface area contributed by atoms with E-state index in [4.69, 9.17) is 4.74 Å². The molecule has 9 nitrogen and oxygen atoms in total. The Bertz CT molecular complexity index is 1360. The van der Waals surface area contributed by atoms with Crippen LogP contribution in [0.3, 0.4) is 0 Å². The van der Waals surface area contributed by atoms with Crippen molar-refractivity contribution in [3.8, 4) is 5.88 Å². The highest BCUT2D eigenvalue weighted by atomic mass is 19.4. The van der Waals surface area contributed by atoms with E-state index in [1.165, 1.54) is 23.2 Å². The van der Waals surface area contributed by atoms with E-state index in [0.717, 1.165) is 24.3 Å². The Labute approximate surface area is 219 Å². The van der Waals surface area contributed by atoms with E-state index in [9.17, 15) is 32.0 Å². The van der Waals surface area contributed by atoms with E-state index in [-0.39, 0.29) is 30.6 Å². The summed E-state index contributed by atoms with van der Waals surface area (Å²) in [5.74, 6) is -1.87. The van der Waals surface area contributed by atoms with Crippen molar-refractivity contribution in [2.75, 3.05) is 25.0 Å². The van der Waals surface area contributed by atoms with Gasteiger partial charge in [-0.15, -0.1) is 0 Å². The lowest BCUT2D eigenvalue weighted by Gasteiger charge is -2.32. The van der Waals surface area contributed by atoms with Crippen LogP contribution in [0.2, 0.25) is 0 Å². The molecule has 1 aliphatic heterocycles. The number of nitrogens with one attached hydrogen (secondary N) is 1. The molecule has 0 aliphatic carbocycles. The topological polar surface area (TPSA) is 113 Å². The zero-order valence-corrected chi connectivity index (χ0v) is 20.5. The molecule has 1 fully saturated rings. The molecule has 2 aromatic heterocycles. The number of aromatic nitrogens is 3. The molecule has 0 bridgehead atoms. The van der Waals surface area contributed by atoms with Crippen molar-refractivity contribution in [3.05, 3.63) is 77.0 Å². The average molecular weight is 550 g/mol. The second-order valence-electron chi connectivity index (χ2n) is 8.70. The molecule has 1 aliphatic rings. The fourth-order valence-corrected chi connectivity index (χ4v) is 4.14. The molecule has 0 radical (unpaired) electrons. The summed E-state index contributed by atoms with van der Waals surface area (Å²) >= 11 is 0. The van der Waals surface area contributed by atoms with Crippen molar-refractivity contribution in [3.63, 3.8) is 0 Å². The molecular formula is C25H23F5N6O3. The number of benzene rings is 1. The Morgan fingerprint density at radius 2 is 1.79 bits per heavy atom. The lowest BCUT2D eigenvalue weighted by Crippen LogP contribution is -2.41. The van der Waals surface area contributed by atoms with E-state index in [1.807, 2.05) is 0 Å². The van der Waals surface area contributed by atoms with E-state index in [1.54, 1.807) is 6.92 Å². The quantitative estimate of drug-likeness (QED) is 0.190. The molecule has 206 valence electrons. The Kier molecular flexibility index (Phi) is 8.21. The van der Waals surface area contributed by atoms with Crippen LogP contribution in [0.15, 0.2) is 47.8 Å². The van der Waals surface area contributed by atoms with E-state index < -0.39 is 41.8 Å². The number of pyridine rings is 1. The van der Waals surface area contributed by atoms with Crippen molar-refractivity contribution in [2.24, 2.45) is 5.16 Å². The third-order valence-corrected chi connectivity index (χ3v) is 6.10. The van der Waals surface area contributed by atoms with Crippen LogP contribution in [0.1, 0.15) is 41.5 Å². The zero-order valence-electron chi connectivity index (χ0n) is 20.5. The van der Waals surface area contributed by atoms with E-state index in [0.29, 0.717) is 29.9 Å². The van der Waals surface area contributed by atoms with Crippen molar-refractivity contribution in [2.45, 2.75) is 31.9 Å². The van der Waals surface area contributed by atoms with Crippen LogP contribution in [0, 0.1) is 18.6 Å². The van der Waals surface area contributed by atoms with Gasteiger partial charge in [-0.25, -0.2) is 28.5 Å². The number of ether oxygens (including phenoxy) is 1. The number of piperidine rings is 1. The number of hydrogen-bond donors (Lipinski definition) is 2. The maximum Gasteiger partial charge on any atom is 0.433 e. The number of rotatable bonds is 6. The standard InChI is InChI=1S/C25H23F5N6O3/c1-14-31-12-16(19(35-38)13-39-21-7-3-6-20(33-21)25(28,29)30)22(32-14)15-8-10-36(11-9-15)24(37)34-23-17(26)4-2-5-18(23)27/h2-7,12,15,38H,8-11,13H2,1H3,(H,34,37)/b35-19-. The monoisotopic (exact) mass is 550 g/mol. The van der Waals surface area contributed by atoms with Gasteiger partial charge in [0.2, 0.25) is 5.88 Å². The van der Waals surface area contributed by atoms with Crippen LogP contribution in [-0.2, 0) is 6.18 Å². The number of para-hydroxylation sites is 1. The van der Waals surface area contributed by atoms with Crippen molar-refractivity contribution < 1.29 is 36.7 Å². The molecule has 0 atom stereocenters. The second-order valence-corrected chi connectivity index (χ2v) is 8.70. The van der Waals surface area contributed by atoms with Gasteiger partial charge in [0.1, 0.15) is 41.2 Å². The Morgan fingerprint density at radius 1 is 1.13 bits per heavy atom. The number of aryl methyl sites for hydroxylation is 1. The van der Waals surface area contributed by atoms with E-state index >= 15 is 0 Å². The molecule has 0 spiro atoms. The molecule has 1 saturated heterocycles. The van der Waals surface area contributed by atoms with Gasteiger partial charge in [-0.1, -0.05) is 17.3 Å². The second kappa shape index (κ2) is 11.6. The summed E-state index contributed by atoms with van der Waals surface area (Å²) in [4.78, 5) is 26.1. The summed E-state index contributed by atoms with van der Waals surface area (Å²) < 4.78 is 72.1. The molecule has 3 heterocycles. The minimum atomic E-state index is -4.65. The average Bonchev–Trinajstić information content (AvgIpc) is 2.91. The minimum absolute atomic E-state index is 0.0283. The third-order valence-electron chi connectivity index (χ3n) is 6.10. The van der Waals surface area contributed by atoms with Gasteiger partial charge >= 0.3 is 12.2 Å². The van der Waals surface area contributed by atoms with Gasteiger partial charge in [0.25, 0.3) is 0 Å². The number of nitrogens with zero attached hydrogens (tertiary/aromatic N) is 5. The molecule has 2 N–H and O–H groups in total. The van der Waals surface area contributed by atoms with Gasteiger partial charge in [-0.3, -0.25) is 0 Å². The number of amides is 2. The number of likely N-dealkylation sites (tertiary alicyclic amines) is 1. The predicted octanol–water partition coefficient (Wildman–Crippen LogP) is 5.15. The first-order valence-corrected chi connectivity index (χ1v) is 11.8. The highest BCUT2D eigenvalue weighted by Crippen LogP contribution is 2.31. The van der Waals surface area contributed by atoms with Crippen molar-refractivity contribution in [1.29, 1.82) is 0 Å². The summed E-state index contributed by atoms with van der Waals surface area (Å²) in [5.41, 5.74) is -0.852. The molecule has 2 amide bonds. The van der Waals surface area contributed by atoms with Crippen molar-refractivity contribution >= 4 is 17.4 Å². The molecule has 1 aromatic carbocycles. The third kappa shape index (κ3) is 6.56. The smallest absolute Gasteiger partial charge is 0.433 e. The van der Waals surface area contributed by atoms with Gasteiger partial charge < -0.3 is 20.2 Å². The Hall–Kier alpha value is -4.36. The lowest BCUT2D eigenvalue weighted by atomic mass is 9.89. The van der Waals surface area contributed by atoms with E-state index in [2.05, 4.69) is 25.4 Å². The van der Waals surface area contributed by atoms with Crippen molar-refractivity contribution in [1.82, 2.24) is 19.9 Å². The zero-order chi connectivity index (χ0) is 28.2. The summed E-state index contributed by atoms with van der Waals surface area (Å²) in [6.07, 6.45) is -2.38. The van der Waals surface area contributed by atoms with Gasteiger partial charge in [0.15, 0.2) is 0 Å². The van der Waals surface area contributed by atoms with Crippen LogP contribution in [0.4, 0.5) is 32.4 Å². The number of halogens is 5. The Morgan fingerprint density at radius 3 is 2.44 bits per heavy atom. The SMILES string of the molecule is Cc1ncc(/C(COc2cccc(C(F)(F)F)n2)=N\O)c(C2CCN(C(=O)Nc3c(F)cccc3F)CC2)n1. The Balaban J connectivity index is 1.45. The largest absolute Gasteiger partial charge is 0.471 e. The first kappa shape index (κ1) is 27.7. The summed E-state index contributed by atoms with van der Waals surface area (Å²) in [7, 11) is 0. The summed E-state index contributed by atoms with van der Waals surface area (Å²) in [5, 5.41) is 15.2. The fourth-order valence-electron chi connectivity index (χ4n) is 4.14. The van der Waals surface area contributed by atoms with Crippen LogP contribution < -0.4 is 10.1 Å². The fraction of sp³-hybridized carbons (Fsp3) is 0.320. The molecule has 39 heavy (non-hydrogen) atoms. The summed E-state index contributed by atoms with van der Waals surface area (Å²) in [6, 6.07) is 5.80. The minimum Gasteiger partial charge on any atom is -0.471 e. The molecule has 4 rings (SSSR count). The molecular weight excluding hydrogens is 527 g/mol. The van der Waals surface area contributed by atoms with Gasteiger partial charge in [-0.2, -0.15) is 13.2 Å². The number of hydrogen-bond acceptors (Lipinski definition) is 7. The molecule has 3 aromatic rings. The highest BCUT2D eigenvalue weighted by molar-refractivity contribution is 6.02. The van der Waals surface area contributed by atoms with Gasteiger partial charge in [0.05, 0.1) is 5.69 Å². The normalized spacial score (nSPS) is 14.8. The van der Waals surface area contributed by atoms with Crippen LogP contribution in [0.5, 0.6) is 5.88 Å². The highest BCUT2D eigenvalue weighted by Gasteiger charge is 2.33. The molecule has 14 heteroatoms. The number of urea groups is 1. The van der Waals surface area contributed by atoms with Crippen LogP contribution >= 0.6 is 0 Å². The number of alkyl halides is 3. The van der Waals surface area contributed by atoms with Crippen LogP contribution in [-0.4, -0.2) is 56.5 Å². The van der Waals surface area contributed by atoms with Crippen LogP contribution in [0.25, 0.3) is 0 Å². The van der Waals surface area contributed by atoms with Gasteiger partial charge in [0, 0.05) is 36.8 Å². The maximum atomic E-state index is 13.9. The first-order valence-electron chi connectivity index (χ1n) is 11.8. The maximum absolute atomic E-state index is 13.9. The molecule has 0 saturated carbocycles. The number of carbonyl (C=O) groups excluding carboxylic acids is 1. The predicted molar refractivity (Wildman–Crippen MR) is 129 cm³/mol.